The summed E-state index contributed by atoms with van der Waals surface area (Å²) in [6.45, 7) is 0. The van der Waals surface area contributed by atoms with E-state index in [9.17, 15) is 5.41 Å². The van der Waals surface area contributed by atoms with Crippen LogP contribution in [-0.4, -0.2) is 5.71 Å². The smallest absolute Gasteiger partial charge is 0.0782 e. The number of nitrogens with zero attached hydrogens (tertiary/aromatic N) is 1. The number of fused-ring (bicyclic) bond motifs is 4. The summed E-state index contributed by atoms with van der Waals surface area (Å²) in [5.74, 6) is 0. The maximum atomic E-state index is 10.0. The van der Waals surface area contributed by atoms with Crippen LogP contribution in [0.2, 0.25) is 0 Å². The number of benzene rings is 11. The van der Waals surface area contributed by atoms with E-state index in [-0.39, 0.29) is 0 Å². The number of anilines is 2. The Kier molecular flexibility index (Phi) is 11.6. The zero-order chi connectivity index (χ0) is 50.1. The quantitative estimate of drug-likeness (QED) is 0.127. The molecule has 354 valence electrons. The molecular weight excluding hydrogens is 907 g/mol. The van der Waals surface area contributed by atoms with E-state index in [4.69, 9.17) is 0 Å². The Morgan fingerprint density at radius 3 is 1.32 bits per heavy atom. The molecule has 0 saturated carbocycles. The highest BCUT2D eigenvalue weighted by atomic mass is 15.2. The van der Waals surface area contributed by atoms with Crippen molar-refractivity contribution in [1.29, 1.82) is 5.41 Å². The van der Waals surface area contributed by atoms with E-state index in [2.05, 4.69) is 271 Å². The summed E-state index contributed by atoms with van der Waals surface area (Å²) >= 11 is 0. The molecule has 75 heavy (non-hydrogen) atoms. The molecule has 0 fully saturated rings. The normalized spacial score (nSPS) is 13.7. The van der Waals surface area contributed by atoms with Crippen LogP contribution < -0.4 is 10.2 Å². The van der Waals surface area contributed by atoms with E-state index in [1.165, 1.54) is 44.5 Å². The van der Waals surface area contributed by atoms with E-state index in [0.717, 1.165) is 73.0 Å². The van der Waals surface area contributed by atoms with Gasteiger partial charge in [-0.3, -0.25) is 5.41 Å². The Labute approximate surface area is 439 Å². The average molecular weight is 958 g/mol. The van der Waals surface area contributed by atoms with Gasteiger partial charge in [0.05, 0.1) is 28.2 Å². The summed E-state index contributed by atoms with van der Waals surface area (Å²) in [6.07, 6.45) is 0. The minimum Gasteiger partial charge on any atom is -0.352 e. The molecule has 0 bridgehead atoms. The Balaban J connectivity index is 1.08. The average Bonchev–Trinajstić information content (AvgIpc) is 3.82. The van der Waals surface area contributed by atoms with Crippen molar-refractivity contribution >= 4 is 39.8 Å². The highest BCUT2D eigenvalue weighted by molar-refractivity contribution is 6.36. The second kappa shape index (κ2) is 19.3. The standard InChI is InChI=1S/C72H51N3/c73-68(55-27-11-3-12-28-55)67(54-25-9-2-10-26-54)70-63-36-19-20-37-64(63)71(69(74-70)56-29-13-4-14-30-56)75(59-45-43-53(44-46-59)52-41-39-51(40-42-52)50-23-7-1-8-24-50)60-47-48-62-61-35-21-22-38-65(61)72(66(62)49-60,57-31-15-5-16-32-57)58-33-17-6-18-34-58/h1-49,73-74H/b70-67-,73-68?. The first kappa shape index (κ1) is 45.1. The summed E-state index contributed by atoms with van der Waals surface area (Å²) in [5, 5.41) is 14.1. The first-order chi connectivity index (χ1) is 37.1. The molecule has 1 aliphatic heterocycles. The van der Waals surface area contributed by atoms with E-state index in [1.807, 2.05) is 36.4 Å². The number of hydrogen-bond donors (Lipinski definition) is 2. The number of rotatable bonds is 11. The highest BCUT2D eigenvalue weighted by Crippen LogP contribution is 2.58. The third-order valence-electron chi connectivity index (χ3n) is 15.0. The Morgan fingerprint density at radius 2 is 0.747 bits per heavy atom. The topological polar surface area (TPSA) is 39.1 Å². The molecule has 0 spiro atoms. The molecule has 0 atom stereocenters. The predicted molar refractivity (Wildman–Crippen MR) is 313 cm³/mol. The maximum Gasteiger partial charge on any atom is 0.0782 e. The van der Waals surface area contributed by atoms with Gasteiger partial charge in [-0.25, -0.2) is 0 Å². The molecule has 11 aromatic carbocycles. The number of allylic oxidation sites excluding steroid dienone is 1. The lowest BCUT2D eigenvalue weighted by atomic mass is 9.67. The predicted octanol–water partition coefficient (Wildman–Crippen LogP) is 17.6. The largest absolute Gasteiger partial charge is 0.352 e. The van der Waals surface area contributed by atoms with Gasteiger partial charge in [-0.15, -0.1) is 0 Å². The first-order valence-electron chi connectivity index (χ1n) is 25.7. The van der Waals surface area contributed by atoms with Gasteiger partial charge in [-0.05, 0) is 85.5 Å². The van der Waals surface area contributed by atoms with Crippen molar-refractivity contribution in [2.75, 3.05) is 4.90 Å². The fourth-order valence-corrected chi connectivity index (χ4v) is 11.6. The van der Waals surface area contributed by atoms with Crippen LogP contribution in [0.5, 0.6) is 0 Å². The lowest BCUT2D eigenvalue weighted by molar-refractivity contribution is 0.768. The van der Waals surface area contributed by atoms with Crippen LogP contribution in [0.1, 0.15) is 50.1 Å². The van der Waals surface area contributed by atoms with Crippen molar-refractivity contribution in [3.63, 3.8) is 0 Å². The fraction of sp³-hybridized carbons (Fsp3) is 0.0139. The zero-order valence-corrected chi connectivity index (χ0v) is 41.2. The maximum absolute atomic E-state index is 10.0. The Bertz CT molecular complexity index is 3880. The van der Waals surface area contributed by atoms with Gasteiger partial charge < -0.3 is 10.2 Å². The molecule has 2 aliphatic rings. The molecule has 11 aromatic rings. The molecule has 0 radical (unpaired) electrons. The summed E-state index contributed by atoms with van der Waals surface area (Å²) < 4.78 is 0. The van der Waals surface area contributed by atoms with Gasteiger partial charge in [-0.1, -0.05) is 273 Å². The molecule has 2 N–H and O–H groups in total. The van der Waals surface area contributed by atoms with Gasteiger partial charge in [0.25, 0.3) is 0 Å². The Morgan fingerprint density at radius 1 is 0.333 bits per heavy atom. The zero-order valence-electron chi connectivity index (χ0n) is 41.2. The lowest BCUT2D eigenvalue weighted by Gasteiger charge is -2.38. The highest BCUT2D eigenvalue weighted by Gasteiger charge is 2.46. The van der Waals surface area contributed by atoms with E-state index < -0.39 is 5.41 Å². The van der Waals surface area contributed by atoms with Crippen molar-refractivity contribution in [1.82, 2.24) is 5.32 Å². The van der Waals surface area contributed by atoms with Gasteiger partial charge in [0.2, 0.25) is 0 Å². The second-order valence-electron chi connectivity index (χ2n) is 19.2. The second-order valence-corrected chi connectivity index (χ2v) is 19.2. The van der Waals surface area contributed by atoms with Gasteiger partial charge in [-0.2, -0.15) is 0 Å². The van der Waals surface area contributed by atoms with Crippen LogP contribution in [-0.2, 0) is 5.41 Å². The minimum absolute atomic E-state index is 0.440. The van der Waals surface area contributed by atoms with Crippen LogP contribution >= 0.6 is 0 Å². The van der Waals surface area contributed by atoms with Crippen molar-refractivity contribution in [3.8, 4) is 33.4 Å². The van der Waals surface area contributed by atoms with Gasteiger partial charge in [0, 0.05) is 39.2 Å². The van der Waals surface area contributed by atoms with Crippen molar-refractivity contribution < 1.29 is 0 Å². The van der Waals surface area contributed by atoms with Crippen LogP contribution in [0.3, 0.4) is 0 Å². The molecule has 3 heteroatoms. The summed E-state index contributed by atoms with van der Waals surface area (Å²) in [5.41, 5.74) is 22.4. The van der Waals surface area contributed by atoms with Crippen LogP contribution in [0.15, 0.2) is 297 Å². The molecule has 1 aliphatic carbocycles. The molecule has 1 heterocycles. The van der Waals surface area contributed by atoms with Crippen LogP contribution in [0.4, 0.5) is 11.4 Å². The molecule has 0 aromatic heterocycles. The molecule has 0 saturated heterocycles. The summed E-state index contributed by atoms with van der Waals surface area (Å²) in [4.78, 5) is 2.46. The number of hydrogen-bond acceptors (Lipinski definition) is 3. The molecule has 0 amide bonds. The Hall–Kier alpha value is -9.83. The SMILES string of the molecule is N=C(/C(=C1\NC(c2ccccc2)=C(N(c2ccc(-c3ccc(-c4ccccc4)cc3)cc2)c2ccc3c(c2)C(c2ccccc2)(c2ccccc2)c2ccccc2-3)c2ccccc21)c1ccccc1)c1ccccc1. The van der Waals surface area contributed by atoms with Crippen molar-refractivity contribution in [2.24, 2.45) is 0 Å². The monoisotopic (exact) mass is 957 g/mol. The van der Waals surface area contributed by atoms with Gasteiger partial charge in [0.1, 0.15) is 0 Å². The lowest BCUT2D eigenvalue weighted by Crippen LogP contribution is -2.30. The number of nitrogens with one attached hydrogen (secondary N) is 2. The third-order valence-corrected chi connectivity index (χ3v) is 15.0. The van der Waals surface area contributed by atoms with Crippen molar-refractivity contribution in [3.05, 3.63) is 347 Å². The molecule has 13 rings (SSSR count). The van der Waals surface area contributed by atoms with Crippen LogP contribution in [0, 0.1) is 5.41 Å². The summed E-state index contributed by atoms with van der Waals surface area (Å²) in [6, 6.07) is 106. The van der Waals surface area contributed by atoms with E-state index in [0.29, 0.717) is 5.71 Å². The fourth-order valence-electron chi connectivity index (χ4n) is 11.6. The van der Waals surface area contributed by atoms with Gasteiger partial charge in [0.15, 0.2) is 0 Å². The molecule has 0 unspecified atom stereocenters. The molecule has 3 nitrogen and oxygen atoms in total. The minimum atomic E-state index is -0.608. The first-order valence-corrected chi connectivity index (χ1v) is 25.7. The molecular formula is C72H51N3. The van der Waals surface area contributed by atoms with Gasteiger partial charge >= 0.3 is 0 Å². The van der Waals surface area contributed by atoms with Crippen LogP contribution in [0.25, 0.3) is 56.0 Å². The summed E-state index contributed by atoms with van der Waals surface area (Å²) in [7, 11) is 0. The third kappa shape index (κ3) is 7.90. The van der Waals surface area contributed by atoms with E-state index in [1.54, 1.807) is 0 Å². The van der Waals surface area contributed by atoms with Crippen molar-refractivity contribution in [2.45, 2.75) is 5.41 Å². The van der Waals surface area contributed by atoms with E-state index >= 15 is 0 Å².